The Hall–Kier alpha value is -0.463. The summed E-state index contributed by atoms with van der Waals surface area (Å²) in [6.45, 7) is 17.9. The molecule has 1 N–H and O–H groups in total. The number of aliphatic hydroxyl groups excluding tert-OH is 1. The van der Waals surface area contributed by atoms with Gasteiger partial charge < -0.3 is 28.5 Å². The van der Waals surface area contributed by atoms with Crippen LogP contribution in [0.5, 0.6) is 0 Å². The SMILES string of the molecule is C#CC(O[Si](C)(C)C(C)(C)C)[C@H]1OC(C)(C)O[C@H]1[C@H]1OC(C)(C)O[C@@H]1O. The van der Waals surface area contributed by atoms with Gasteiger partial charge in [-0.1, -0.05) is 26.7 Å². The standard InChI is InChI=1S/C19H34O6Si/c1-11-12(25-26(9,10)17(2,3)4)13-14(22-18(5,6)21-13)15-16(20)24-19(7,8)23-15/h1,12-16,20H,2-10H3/t12?,13-,14-,15-,16+/m1/s1. The molecule has 1 unspecified atom stereocenters. The van der Waals surface area contributed by atoms with E-state index >= 15 is 0 Å². The zero-order chi connectivity index (χ0) is 20.1. The van der Waals surface area contributed by atoms with Crippen molar-refractivity contribution < 1.29 is 28.5 Å². The molecule has 0 aliphatic carbocycles. The van der Waals surface area contributed by atoms with Crippen LogP contribution >= 0.6 is 0 Å². The summed E-state index contributed by atoms with van der Waals surface area (Å²) in [6.07, 6.45) is 2.20. The Morgan fingerprint density at radius 2 is 1.50 bits per heavy atom. The maximum absolute atomic E-state index is 10.3. The average Bonchev–Trinajstić information content (AvgIpc) is 2.89. The lowest BCUT2D eigenvalue weighted by Gasteiger charge is -2.40. The Morgan fingerprint density at radius 1 is 1.00 bits per heavy atom. The van der Waals surface area contributed by atoms with Gasteiger partial charge >= 0.3 is 0 Å². The monoisotopic (exact) mass is 386 g/mol. The van der Waals surface area contributed by atoms with E-state index in [1.807, 2.05) is 13.8 Å². The van der Waals surface area contributed by atoms with Crippen molar-refractivity contribution in [3.63, 3.8) is 0 Å². The summed E-state index contributed by atoms with van der Waals surface area (Å²) in [7, 11) is -2.13. The first-order valence-electron chi connectivity index (χ1n) is 9.12. The molecule has 2 rings (SSSR count). The van der Waals surface area contributed by atoms with Gasteiger partial charge in [0.2, 0.25) is 0 Å². The third-order valence-corrected chi connectivity index (χ3v) is 9.74. The first-order chi connectivity index (χ1) is 11.6. The molecule has 2 aliphatic rings. The van der Waals surface area contributed by atoms with Crippen molar-refractivity contribution in [3.8, 4) is 12.3 Å². The van der Waals surface area contributed by atoms with E-state index in [-0.39, 0.29) is 5.04 Å². The van der Waals surface area contributed by atoms with Gasteiger partial charge in [0, 0.05) is 0 Å². The van der Waals surface area contributed by atoms with Crippen molar-refractivity contribution in [2.24, 2.45) is 0 Å². The molecule has 0 radical (unpaired) electrons. The van der Waals surface area contributed by atoms with Crippen LogP contribution in [-0.2, 0) is 23.4 Å². The first kappa shape index (κ1) is 21.8. The molecule has 26 heavy (non-hydrogen) atoms. The second kappa shape index (κ2) is 6.85. The van der Waals surface area contributed by atoms with Gasteiger partial charge in [0.15, 0.2) is 26.2 Å². The maximum atomic E-state index is 10.3. The third-order valence-electron chi connectivity index (χ3n) is 5.28. The Kier molecular flexibility index (Phi) is 5.75. The number of ether oxygens (including phenoxy) is 4. The van der Waals surface area contributed by atoms with Gasteiger partial charge in [-0.25, -0.2) is 0 Å². The Morgan fingerprint density at radius 3 is 1.92 bits per heavy atom. The van der Waals surface area contributed by atoms with Crippen molar-refractivity contribution in [1.29, 1.82) is 0 Å². The Bertz CT molecular complexity index is 559. The van der Waals surface area contributed by atoms with E-state index in [1.165, 1.54) is 0 Å². The number of terminal acetylenes is 1. The lowest BCUT2D eigenvalue weighted by atomic mass is 10.0. The van der Waals surface area contributed by atoms with Crippen molar-refractivity contribution >= 4 is 8.32 Å². The van der Waals surface area contributed by atoms with E-state index in [1.54, 1.807) is 13.8 Å². The van der Waals surface area contributed by atoms with Crippen LogP contribution in [0.2, 0.25) is 18.1 Å². The minimum absolute atomic E-state index is 0.00104. The minimum Gasteiger partial charge on any atom is -0.401 e. The zero-order valence-electron chi connectivity index (χ0n) is 17.5. The summed E-state index contributed by atoms with van der Waals surface area (Å²) >= 11 is 0. The molecule has 0 aromatic carbocycles. The topological polar surface area (TPSA) is 66.4 Å². The van der Waals surface area contributed by atoms with Crippen LogP contribution in [-0.4, -0.2) is 55.7 Å². The third kappa shape index (κ3) is 4.50. The number of hydrogen-bond donors (Lipinski definition) is 1. The van der Waals surface area contributed by atoms with Crippen molar-refractivity contribution in [3.05, 3.63) is 0 Å². The van der Waals surface area contributed by atoms with Gasteiger partial charge in [-0.2, -0.15) is 0 Å². The highest BCUT2D eigenvalue weighted by molar-refractivity contribution is 6.74. The Balaban J connectivity index is 2.27. The van der Waals surface area contributed by atoms with Gasteiger partial charge in [0.05, 0.1) is 0 Å². The fourth-order valence-corrected chi connectivity index (χ4v) is 4.19. The summed E-state index contributed by atoms with van der Waals surface area (Å²) in [5.41, 5.74) is 0. The molecule has 2 saturated heterocycles. The quantitative estimate of drug-likeness (QED) is 0.592. The Labute approximate surface area is 158 Å². The maximum Gasteiger partial charge on any atom is 0.193 e. The molecule has 6 nitrogen and oxygen atoms in total. The molecule has 5 atom stereocenters. The summed E-state index contributed by atoms with van der Waals surface area (Å²) in [4.78, 5) is 0. The van der Waals surface area contributed by atoms with E-state index in [9.17, 15) is 5.11 Å². The minimum atomic E-state index is -2.13. The van der Waals surface area contributed by atoms with E-state index in [4.69, 9.17) is 29.8 Å². The van der Waals surface area contributed by atoms with Crippen LogP contribution in [0.25, 0.3) is 0 Å². The second-order valence-corrected chi connectivity index (χ2v) is 14.3. The van der Waals surface area contributed by atoms with E-state index in [2.05, 4.69) is 39.8 Å². The van der Waals surface area contributed by atoms with Crippen LogP contribution in [0.4, 0.5) is 0 Å². The smallest absolute Gasteiger partial charge is 0.193 e. The fraction of sp³-hybridized carbons (Fsp3) is 0.895. The predicted octanol–water partition coefficient (Wildman–Crippen LogP) is 3.00. The predicted molar refractivity (Wildman–Crippen MR) is 101 cm³/mol. The second-order valence-electron chi connectivity index (χ2n) is 9.52. The molecule has 0 amide bonds. The number of rotatable bonds is 4. The van der Waals surface area contributed by atoms with Crippen LogP contribution in [0.1, 0.15) is 48.5 Å². The molecule has 150 valence electrons. The van der Waals surface area contributed by atoms with Gasteiger partial charge in [0.25, 0.3) is 0 Å². The molecular formula is C19H34O6Si. The zero-order valence-corrected chi connectivity index (χ0v) is 18.5. The average molecular weight is 387 g/mol. The van der Waals surface area contributed by atoms with Crippen molar-refractivity contribution in [1.82, 2.24) is 0 Å². The number of hydrogen-bond acceptors (Lipinski definition) is 6. The van der Waals surface area contributed by atoms with Gasteiger partial charge in [-0.3, -0.25) is 0 Å². The molecule has 0 bridgehead atoms. The van der Waals surface area contributed by atoms with E-state index in [0.717, 1.165) is 0 Å². The summed E-state index contributed by atoms with van der Waals surface area (Å²) in [6, 6.07) is 0. The normalized spacial score (nSPS) is 35.3. The lowest BCUT2D eigenvalue weighted by Crippen LogP contribution is -2.52. The van der Waals surface area contributed by atoms with Gasteiger partial charge in [-0.15, -0.1) is 6.42 Å². The molecule has 0 aromatic rings. The lowest BCUT2D eigenvalue weighted by molar-refractivity contribution is -0.179. The highest BCUT2D eigenvalue weighted by Gasteiger charge is 2.56. The highest BCUT2D eigenvalue weighted by atomic mass is 28.4. The van der Waals surface area contributed by atoms with Crippen LogP contribution in [0.15, 0.2) is 0 Å². The molecule has 2 fully saturated rings. The molecule has 0 aromatic heterocycles. The highest BCUT2D eigenvalue weighted by Crippen LogP contribution is 2.42. The molecule has 2 aliphatic heterocycles. The van der Waals surface area contributed by atoms with Crippen LogP contribution in [0, 0.1) is 12.3 Å². The largest absolute Gasteiger partial charge is 0.401 e. The van der Waals surface area contributed by atoms with Crippen LogP contribution < -0.4 is 0 Å². The summed E-state index contributed by atoms with van der Waals surface area (Å²) in [5, 5.41) is 10.3. The number of aliphatic hydroxyl groups is 1. The van der Waals surface area contributed by atoms with E-state index < -0.39 is 50.6 Å². The first-order valence-corrected chi connectivity index (χ1v) is 12.0. The fourth-order valence-electron chi connectivity index (χ4n) is 3.00. The molecule has 0 spiro atoms. The van der Waals surface area contributed by atoms with Crippen molar-refractivity contribution in [2.45, 2.75) is 109 Å². The van der Waals surface area contributed by atoms with Gasteiger partial charge in [-0.05, 0) is 45.8 Å². The van der Waals surface area contributed by atoms with Crippen molar-refractivity contribution in [2.75, 3.05) is 0 Å². The van der Waals surface area contributed by atoms with Crippen LogP contribution in [0.3, 0.4) is 0 Å². The van der Waals surface area contributed by atoms with Gasteiger partial charge in [0.1, 0.15) is 24.4 Å². The molecule has 0 saturated carbocycles. The summed E-state index contributed by atoms with van der Waals surface area (Å²) < 4.78 is 29.9. The van der Waals surface area contributed by atoms with E-state index in [0.29, 0.717) is 0 Å². The molecule has 7 heteroatoms. The molecular weight excluding hydrogens is 352 g/mol. The molecule has 2 heterocycles. The summed E-state index contributed by atoms with van der Waals surface area (Å²) in [5.74, 6) is 0.958.